The summed E-state index contributed by atoms with van der Waals surface area (Å²) in [5, 5.41) is 10.5. The number of carbonyl (C=O) groups excluding carboxylic acids is 1. The van der Waals surface area contributed by atoms with Crippen molar-refractivity contribution < 1.29 is 18.7 Å². The van der Waals surface area contributed by atoms with E-state index in [0.717, 1.165) is 18.4 Å². The molecule has 1 unspecified atom stereocenters. The molecule has 0 aliphatic rings. The molecule has 1 aromatic rings. The molecule has 1 heterocycles. The van der Waals surface area contributed by atoms with Crippen LogP contribution < -0.4 is 5.63 Å². The second kappa shape index (κ2) is 10.4. The topological polar surface area (TPSA) is 76.7 Å². The van der Waals surface area contributed by atoms with Crippen molar-refractivity contribution in [1.82, 2.24) is 0 Å². The lowest BCUT2D eigenvalue weighted by Crippen LogP contribution is -2.41. The normalized spacial score (nSPS) is 13.8. The fourth-order valence-electron chi connectivity index (χ4n) is 2.59. The van der Waals surface area contributed by atoms with Crippen molar-refractivity contribution in [2.24, 2.45) is 0 Å². The molecule has 1 aromatic heterocycles. The molecule has 0 amide bonds. The van der Waals surface area contributed by atoms with Crippen molar-refractivity contribution in [3.05, 3.63) is 51.1 Å². The Bertz CT molecular complexity index is 865. The lowest BCUT2D eigenvalue weighted by Gasteiger charge is -2.36. The molecule has 0 saturated carbocycles. The van der Waals surface area contributed by atoms with Crippen LogP contribution in [0.25, 0.3) is 0 Å². The average Bonchev–Trinajstić information content (AvgIpc) is 2.61. The highest BCUT2D eigenvalue weighted by Crippen LogP contribution is 2.36. The van der Waals surface area contributed by atoms with Crippen molar-refractivity contribution in [2.45, 2.75) is 85.4 Å². The predicted octanol–water partition coefficient (Wildman–Crippen LogP) is 6.35. The summed E-state index contributed by atoms with van der Waals surface area (Å²) in [4.78, 5) is 24.9. The number of Topliss-reactive ketones (excluding diaryl/α,β-unsaturated/α-hetero) is 1. The summed E-state index contributed by atoms with van der Waals surface area (Å²) in [7, 11) is -1.78. The van der Waals surface area contributed by atoms with E-state index in [2.05, 4.69) is 33.9 Å². The van der Waals surface area contributed by atoms with Crippen LogP contribution in [-0.2, 0) is 4.43 Å². The first-order valence-corrected chi connectivity index (χ1v) is 13.5. The Kier molecular flexibility index (Phi) is 9.05. The Morgan fingerprint density at radius 2 is 1.83 bits per heavy atom. The molecule has 30 heavy (non-hydrogen) atoms. The average molecular weight is 435 g/mol. The van der Waals surface area contributed by atoms with Gasteiger partial charge in [-0.25, -0.2) is 4.79 Å². The smallest absolute Gasteiger partial charge is 0.351 e. The molecule has 6 heteroatoms. The van der Waals surface area contributed by atoms with Gasteiger partial charge in [-0.2, -0.15) is 0 Å². The second-order valence-electron chi connectivity index (χ2n) is 9.77. The van der Waals surface area contributed by atoms with Crippen LogP contribution in [0.15, 0.2) is 38.6 Å². The Hall–Kier alpha value is -1.92. The van der Waals surface area contributed by atoms with Crippen LogP contribution in [0.3, 0.4) is 0 Å². The highest BCUT2D eigenvalue weighted by Gasteiger charge is 2.36. The van der Waals surface area contributed by atoms with E-state index in [0.29, 0.717) is 17.9 Å². The summed E-state index contributed by atoms with van der Waals surface area (Å²) < 4.78 is 11.6. The molecule has 0 aromatic carbocycles. The molecule has 0 aliphatic heterocycles. The van der Waals surface area contributed by atoms with Gasteiger partial charge in [0.1, 0.15) is 17.1 Å². The first-order chi connectivity index (χ1) is 13.7. The Morgan fingerprint density at radius 1 is 1.23 bits per heavy atom. The fourth-order valence-corrected chi connectivity index (χ4v) is 3.68. The maximum Gasteiger partial charge on any atom is 0.351 e. The molecule has 0 bridgehead atoms. The molecule has 1 rings (SSSR count). The highest BCUT2D eigenvalue weighted by molar-refractivity contribution is 6.74. The third kappa shape index (κ3) is 7.09. The number of ketones is 1. The van der Waals surface area contributed by atoms with E-state index in [1.807, 2.05) is 20.8 Å². The number of aromatic hydroxyl groups is 1. The second-order valence-corrected chi connectivity index (χ2v) is 14.6. The van der Waals surface area contributed by atoms with Gasteiger partial charge in [-0.3, -0.25) is 4.79 Å². The van der Waals surface area contributed by atoms with Crippen molar-refractivity contribution in [1.29, 1.82) is 0 Å². The minimum Gasteiger partial charge on any atom is -0.507 e. The largest absolute Gasteiger partial charge is 0.507 e. The Morgan fingerprint density at radius 3 is 2.33 bits per heavy atom. The first kappa shape index (κ1) is 26.1. The SMILES string of the molecule is CC(C)=C/C=C(\C)C(=O)c1c(O)cc(C(C)CCCO[Si](C)(C)C(C)(C)C)oc1=O. The third-order valence-electron chi connectivity index (χ3n) is 5.74. The van der Waals surface area contributed by atoms with E-state index in [9.17, 15) is 14.7 Å². The third-order valence-corrected chi connectivity index (χ3v) is 10.3. The molecule has 1 N–H and O–H groups in total. The first-order valence-electron chi connectivity index (χ1n) is 10.5. The van der Waals surface area contributed by atoms with Crippen LogP contribution in [0.1, 0.15) is 83.3 Å². The van der Waals surface area contributed by atoms with Crippen LogP contribution in [0.2, 0.25) is 18.1 Å². The number of carbonyl (C=O) groups is 1. The van der Waals surface area contributed by atoms with E-state index in [4.69, 9.17) is 8.84 Å². The van der Waals surface area contributed by atoms with Gasteiger partial charge in [-0.05, 0) is 57.3 Å². The summed E-state index contributed by atoms with van der Waals surface area (Å²) in [5.74, 6) is -0.549. The molecule has 0 radical (unpaired) electrons. The summed E-state index contributed by atoms with van der Waals surface area (Å²) >= 11 is 0. The molecule has 1 atom stereocenters. The van der Waals surface area contributed by atoms with Crippen molar-refractivity contribution in [2.75, 3.05) is 6.61 Å². The minimum absolute atomic E-state index is 0.0712. The standard InChI is InChI=1S/C24H38O5Si/c1-16(2)12-13-18(4)22(26)21-19(25)15-20(29-23(21)27)17(3)11-10-14-28-30(8,9)24(5,6)7/h12-13,15,17,25H,10-11,14H2,1-9H3/b18-13+. The summed E-state index contributed by atoms with van der Waals surface area (Å²) in [6.45, 7) is 19.1. The van der Waals surface area contributed by atoms with E-state index < -0.39 is 19.7 Å². The molecular formula is C24H38O5Si. The van der Waals surface area contributed by atoms with Gasteiger partial charge >= 0.3 is 5.63 Å². The lowest BCUT2D eigenvalue weighted by atomic mass is 10.00. The Balaban J connectivity index is 2.86. The Labute approximate surface area is 182 Å². The highest BCUT2D eigenvalue weighted by atomic mass is 28.4. The van der Waals surface area contributed by atoms with Crippen LogP contribution in [-0.4, -0.2) is 25.8 Å². The van der Waals surface area contributed by atoms with Gasteiger partial charge in [-0.1, -0.05) is 45.4 Å². The zero-order valence-electron chi connectivity index (χ0n) is 20.0. The zero-order chi connectivity index (χ0) is 23.3. The van der Waals surface area contributed by atoms with Crippen molar-refractivity contribution in [3.8, 4) is 5.75 Å². The summed E-state index contributed by atoms with van der Waals surface area (Å²) in [5.41, 5.74) is 0.273. The van der Waals surface area contributed by atoms with Crippen molar-refractivity contribution >= 4 is 14.1 Å². The van der Waals surface area contributed by atoms with E-state index >= 15 is 0 Å². The van der Waals surface area contributed by atoms with Gasteiger partial charge in [0.25, 0.3) is 0 Å². The number of hydrogen-bond donors (Lipinski definition) is 1. The molecule has 0 spiro atoms. The van der Waals surface area contributed by atoms with Gasteiger partial charge < -0.3 is 13.9 Å². The molecule has 0 fully saturated rings. The van der Waals surface area contributed by atoms with E-state index in [-0.39, 0.29) is 22.3 Å². The van der Waals surface area contributed by atoms with E-state index in [1.165, 1.54) is 6.07 Å². The number of allylic oxidation sites excluding steroid dienone is 4. The maximum atomic E-state index is 12.5. The van der Waals surface area contributed by atoms with Crippen LogP contribution >= 0.6 is 0 Å². The van der Waals surface area contributed by atoms with Gasteiger partial charge in [0, 0.05) is 18.6 Å². The lowest BCUT2D eigenvalue weighted by molar-refractivity contribution is 0.102. The molecule has 0 saturated heterocycles. The maximum absolute atomic E-state index is 12.5. The molecule has 168 valence electrons. The van der Waals surface area contributed by atoms with Gasteiger partial charge in [0.05, 0.1) is 0 Å². The van der Waals surface area contributed by atoms with Crippen LogP contribution in [0.4, 0.5) is 0 Å². The summed E-state index contributed by atoms with van der Waals surface area (Å²) in [6, 6.07) is 1.39. The molecule has 5 nitrogen and oxygen atoms in total. The monoisotopic (exact) mass is 434 g/mol. The van der Waals surface area contributed by atoms with Gasteiger partial charge in [0.15, 0.2) is 14.1 Å². The van der Waals surface area contributed by atoms with Crippen LogP contribution in [0.5, 0.6) is 5.75 Å². The molecular weight excluding hydrogens is 396 g/mol. The fraction of sp³-hybridized carbons (Fsp3) is 0.583. The number of rotatable bonds is 9. The van der Waals surface area contributed by atoms with E-state index in [1.54, 1.807) is 19.1 Å². The van der Waals surface area contributed by atoms with Gasteiger partial charge in [-0.15, -0.1) is 0 Å². The zero-order valence-corrected chi connectivity index (χ0v) is 21.0. The van der Waals surface area contributed by atoms with Crippen molar-refractivity contribution in [3.63, 3.8) is 0 Å². The number of hydrogen-bond acceptors (Lipinski definition) is 5. The van der Waals surface area contributed by atoms with Gasteiger partial charge in [0.2, 0.25) is 0 Å². The quantitative estimate of drug-likeness (QED) is 0.161. The van der Waals surface area contributed by atoms with Crippen LogP contribution in [0, 0.1) is 0 Å². The molecule has 0 aliphatic carbocycles. The minimum atomic E-state index is -1.78. The summed E-state index contributed by atoms with van der Waals surface area (Å²) in [6.07, 6.45) is 5.00. The predicted molar refractivity (Wildman–Crippen MR) is 125 cm³/mol.